The average Bonchev–Trinajstić information content (AvgIpc) is 2.93. The van der Waals surface area contributed by atoms with Gasteiger partial charge in [0.1, 0.15) is 0 Å². The number of carbonyl (C=O) groups is 2. The number of rotatable bonds is 3. The highest BCUT2D eigenvalue weighted by Crippen LogP contribution is 2.26. The van der Waals surface area contributed by atoms with Gasteiger partial charge in [-0.15, -0.1) is 11.3 Å². The maximum Gasteiger partial charge on any atom is 0.335 e. The molecule has 2 heterocycles. The Morgan fingerprint density at radius 1 is 1.12 bits per heavy atom. The van der Waals surface area contributed by atoms with Gasteiger partial charge in [0.25, 0.3) is 5.91 Å². The Morgan fingerprint density at radius 2 is 1.79 bits per heavy atom. The minimum Gasteiger partial charge on any atom is -0.478 e. The number of carbonyl (C=O) groups excluding carboxylic acids is 1. The molecule has 1 fully saturated rings. The maximum absolute atomic E-state index is 12.6. The molecule has 7 heteroatoms. The van der Waals surface area contributed by atoms with E-state index in [1.165, 1.54) is 17.0 Å². The molecular weight excluding hydrogens is 326 g/mol. The van der Waals surface area contributed by atoms with E-state index in [1.807, 2.05) is 6.92 Å². The van der Waals surface area contributed by atoms with Gasteiger partial charge in [0.15, 0.2) is 5.13 Å². The molecule has 0 radical (unpaired) electrons. The second-order valence-electron chi connectivity index (χ2n) is 5.80. The number of nitrogens with zero attached hydrogens (tertiary/aromatic N) is 3. The van der Waals surface area contributed by atoms with E-state index < -0.39 is 5.97 Å². The second kappa shape index (κ2) is 6.60. The number of aromatic carboxylic acids is 1. The molecule has 1 aliphatic rings. The summed E-state index contributed by atoms with van der Waals surface area (Å²) in [7, 11) is 0. The highest BCUT2D eigenvalue weighted by molar-refractivity contribution is 7.15. The van der Waals surface area contributed by atoms with E-state index >= 15 is 0 Å². The SMILES string of the molecule is Cc1nc(N2CCN(C(=O)c3cccc(C(=O)O)c3)CC2)sc1C. The number of hydrogen-bond donors (Lipinski definition) is 1. The zero-order valence-electron chi connectivity index (χ0n) is 13.7. The van der Waals surface area contributed by atoms with Crippen molar-refractivity contribution in [2.45, 2.75) is 13.8 Å². The van der Waals surface area contributed by atoms with Gasteiger partial charge < -0.3 is 14.9 Å². The number of piperazine rings is 1. The Labute approximate surface area is 144 Å². The molecule has 0 aliphatic carbocycles. The summed E-state index contributed by atoms with van der Waals surface area (Å²) in [5.41, 5.74) is 1.61. The third-order valence-electron chi connectivity index (χ3n) is 4.21. The summed E-state index contributed by atoms with van der Waals surface area (Å²) in [4.78, 5) is 33.4. The van der Waals surface area contributed by atoms with E-state index in [1.54, 1.807) is 28.4 Å². The van der Waals surface area contributed by atoms with Gasteiger partial charge >= 0.3 is 5.97 Å². The minimum atomic E-state index is -1.02. The van der Waals surface area contributed by atoms with Crippen LogP contribution in [0.1, 0.15) is 31.3 Å². The van der Waals surface area contributed by atoms with E-state index in [4.69, 9.17) is 5.11 Å². The van der Waals surface area contributed by atoms with Crippen LogP contribution in [0, 0.1) is 13.8 Å². The Morgan fingerprint density at radius 3 is 2.38 bits per heavy atom. The summed E-state index contributed by atoms with van der Waals surface area (Å²) in [5, 5.41) is 10.1. The number of benzene rings is 1. The van der Waals surface area contributed by atoms with Crippen molar-refractivity contribution >= 4 is 28.3 Å². The predicted molar refractivity (Wildman–Crippen MR) is 93.1 cm³/mol. The molecule has 0 spiro atoms. The lowest BCUT2D eigenvalue weighted by Crippen LogP contribution is -2.48. The number of amides is 1. The van der Waals surface area contributed by atoms with Crippen molar-refractivity contribution in [3.8, 4) is 0 Å². The van der Waals surface area contributed by atoms with Gasteiger partial charge in [-0.25, -0.2) is 9.78 Å². The molecule has 1 aromatic carbocycles. The number of anilines is 1. The smallest absolute Gasteiger partial charge is 0.335 e. The fourth-order valence-corrected chi connectivity index (χ4v) is 3.62. The predicted octanol–water partition coefficient (Wildman–Crippen LogP) is 2.42. The zero-order valence-corrected chi connectivity index (χ0v) is 14.5. The summed E-state index contributed by atoms with van der Waals surface area (Å²) in [5.74, 6) is -1.15. The van der Waals surface area contributed by atoms with Crippen molar-refractivity contribution in [2.75, 3.05) is 31.1 Å². The molecule has 1 amide bonds. The number of carboxylic acids is 1. The van der Waals surface area contributed by atoms with Crippen LogP contribution < -0.4 is 4.90 Å². The summed E-state index contributed by atoms with van der Waals surface area (Å²) in [6.45, 7) is 6.74. The van der Waals surface area contributed by atoms with Crippen molar-refractivity contribution in [1.82, 2.24) is 9.88 Å². The van der Waals surface area contributed by atoms with Crippen LogP contribution in [0.5, 0.6) is 0 Å². The van der Waals surface area contributed by atoms with Gasteiger partial charge in [-0.2, -0.15) is 0 Å². The fraction of sp³-hybridized carbons (Fsp3) is 0.353. The highest BCUT2D eigenvalue weighted by atomic mass is 32.1. The zero-order chi connectivity index (χ0) is 17.3. The van der Waals surface area contributed by atoms with Gasteiger partial charge in [-0.05, 0) is 32.0 Å². The monoisotopic (exact) mass is 345 g/mol. The van der Waals surface area contributed by atoms with Crippen LogP contribution in [0.15, 0.2) is 24.3 Å². The molecule has 1 saturated heterocycles. The summed E-state index contributed by atoms with van der Waals surface area (Å²) in [6, 6.07) is 6.19. The lowest BCUT2D eigenvalue weighted by Gasteiger charge is -2.34. The normalized spacial score (nSPS) is 14.8. The number of aryl methyl sites for hydroxylation is 2. The van der Waals surface area contributed by atoms with Gasteiger partial charge in [-0.3, -0.25) is 4.79 Å². The molecule has 0 atom stereocenters. The van der Waals surface area contributed by atoms with Gasteiger partial charge in [0, 0.05) is 36.6 Å². The third kappa shape index (κ3) is 3.26. The van der Waals surface area contributed by atoms with Gasteiger partial charge in [0.05, 0.1) is 11.3 Å². The first kappa shape index (κ1) is 16.4. The topological polar surface area (TPSA) is 73.7 Å². The first-order valence-corrected chi connectivity index (χ1v) is 8.59. The fourth-order valence-electron chi connectivity index (χ4n) is 2.66. The standard InChI is InChI=1S/C17H19N3O3S/c1-11-12(2)24-17(18-11)20-8-6-19(7-9-20)15(21)13-4-3-5-14(10-13)16(22)23/h3-5,10H,6-9H2,1-2H3,(H,22,23). The largest absolute Gasteiger partial charge is 0.478 e. The molecule has 1 aliphatic heterocycles. The molecule has 0 bridgehead atoms. The van der Waals surface area contributed by atoms with E-state index in [0.29, 0.717) is 18.7 Å². The molecule has 2 aromatic rings. The molecule has 6 nitrogen and oxygen atoms in total. The van der Waals surface area contributed by atoms with Gasteiger partial charge in [-0.1, -0.05) is 6.07 Å². The maximum atomic E-state index is 12.6. The van der Waals surface area contributed by atoms with Crippen LogP contribution in [0.4, 0.5) is 5.13 Å². The molecule has 1 aromatic heterocycles. The van der Waals surface area contributed by atoms with E-state index in [2.05, 4.69) is 16.8 Å². The van der Waals surface area contributed by atoms with Crippen LogP contribution in [-0.4, -0.2) is 53.0 Å². The quantitative estimate of drug-likeness (QED) is 0.925. The molecule has 0 saturated carbocycles. The summed E-state index contributed by atoms with van der Waals surface area (Å²) < 4.78 is 0. The molecule has 126 valence electrons. The van der Waals surface area contributed by atoms with Crippen molar-refractivity contribution in [3.05, 3.63) is 46.0 Å². The first-order valence-electron chi connectivity index (χ1n) is 7.77. The van der Waals surface area contributed by atoms with E-state index in [9.17, 15) is 9.59 Å². The molecule has 1 N–H and O–H groups in total. The van der Waals surface area contributed by atoms with Crippen LogP contribution >= 0.6 is 11.3 Å². The van der Waals surface area contributed by atoms with Crippen LogP contribution in [0.3, 0.4) is 0 Å². The highest BCUT2D eigenvalue weighted by Gasteiger charge is 2.24. The Bertz CT molecular complexity index is 760. The Kier molecular flexibility index (Phi) is 4.53. The number of carboxylic acid groups (broad SMARTS) is 1. The Balaban J connectivity index is 1.67. The number of thiazole rings is 1. The second-order valence-corrected chi connectivity index (χ2v) is 6.98. The van der Waals surface area contributed by atoms with Crippen molar-refractivity contribution in [1.29, 1.82) is 0 Å². The van der Waals surface area contributed by atoms with Gasteiger partial charge in [0.2, 0.25) is 0 Å². The Hall–Kier alpha value is -2.41. The van der Waals surface area contributed by atoms with Crippen LogP contribution in [0.2, 0.25) is 0 Å². The van der Waals surface area contributed by atoms with Crippen LogP contribution in [0.25, 0.3) is 0 Å². The molecule has 3 rings (SSSR count). The average molecular weight is 345 g/mol. The van der Waals surface area contributed by atoms with Crippen LogP contribution in [-0.2, 0) is 0 Å². The molecular formula is C17H19N3O3S. The first-order chi connectivity index (χ1) is 11.5. The molecule has 0 unspecified atom stereocenters. The summed E-state index contributed by atoms with van der Waals surface area (Å²) in [6.07, 6.45) is 0. The van der Waals surface area contributed by atoms with E-state index in [0.717, 1.165) is 23.9 Å². The lowest BCUT2D eigenvalue weighted by molar-refractivity contribution is 0.0697. The van der Waals surface area contributed by atoms with E-state index in [-0.39, 0.29) is 11.5 Å². The molecule has 24 heavy (non-hydrogen) atoms. The third-order valence-corrected chi connectivity index (χ3v) is 5.34. The van der Waals surface area contributed by atoms with Crippen molar-refractivity contribution < 1.29 is 14.7 Å². The number of aromatic nitrogens is 1. The summed E-state index contributed by atoms with van der Waals surface area (Å²) >= 11 is 1.68. The minimum absolute atomic E-state index is 0.121. The van der Waals surface area contributed by atoms with Crippen molar-refractivity contribution in [3.63, 3.8) is 0 Å². The van der Waals surface area contributed by atoms with Crippen molar-refractivity contribution in [2.24, 2.45) is 0 Å². The lowest BCUT2D eigenvalue weighted by atomic mass is 10.1. The number of hydrogen-bond acceptors (Lipinski definition) is 5.